The molecule has 2 saturated heterocycles. The number of cyclic esters (lactones) is 4. The molecule has 3 rings (SSSR count). The normalized spacial score (nSPS) is 25.8. The second-order valence-electron chi connectivity index (χ2n) is 4.77. The van der Waals surface area contributed by atoms with Gasteiger partial charge >= 0.3 is 23.9 Å². The van der Waals surface area contributed by atoms with E-state index in [2.05, 4.69) is 9.47 Å². The molecule has 2 aliphatic rings. The summed E-state index contributed by atoms with van der Waals surface area (Å²) in [4.78, 5) is 45.3. The van der Waals surface area contributed by atoms with E-state index < -0.39 is 35.7 Å². The van der Waals surface area contributed by atoms with Crippen LogP contribution < -0.4 is 0 Å². The lowest BCUT2D eigenvalue weighted by Gasteiger charge is -2.10. The smallest absolute Gasteiger partial charge is 0.321 e. The van der Waals surface area contributed by atoms with E-state index in [0.29, 0.717) is 11.1 Å². The third-order valence-corrected chi connectivity index (χ3v) is 3.45. The molecule has 0 aliphatic carbocycles. The largest absolute Gasteiger partial charge is 0.393 e. The van der Waals surface area contributed by atoms with Gasteiger partial charge in [0.1, 0.15) is 0 Å². The summed E-state index contributed by atoms with van der Waals surface area (Å²) in [5, 5.41) is 0. The molecule has 2 aliphatic heterocycles. The molecule has 1 aromatic carbocycles. The van der Waals surface area contributed by atoms with E-state index in [1.807, 2.05) is 0 Å². The molecule has 2 fully saturated rings. The summed E-state index contributed by atoms with van der Waals surface area (Å²) in [6, 6.07) is 6.71. The summed E-state index contributed by atoms with van der Waals surface area (Å²) < 4.78 is 9.02. The van der Waals surface area contributed by atoms with Gasteiger partial charge < -0.3 is 9.47 Å². The second-order valence-corrected chi connectivity index (χ2v) is 4.77. The standard InChI is InChI=1S/C14H10O6/c15-11-5-9(13(17)19-11)7-2-1-3-8(4-7)10-6-12(16)20-14(10)18/h1-4,9-10H,5-6H2. The van der Waals surface area contributed by atoms with E-state index in [1.165, 1.54) is 0 Å². The maximum absolute atomic E-state index is 11.5. The Balaban J connectivity index is 1.90. The molecule has 0 N–H and O–H groups in total. The van der Waals surface area contributed by atoms with Crippen molar-refractivity contribution in [1.82, 2.24) is 0 Å². The molecular formula is C14H10O6. The summed E-state index contributed by atoms with van der Waals surface area (Å²) in [5.41, 5.74) is 1.20. The first-order valence-corrected chi connectivity index (χ1v) is 6.13. The van der Waals surface area contributed by atoms with Gasteiger partial charge in [0.25, 0.3) is 0 Å². The van der Waals surface area contributed by atoms with Gasteiger partial charge in [-0.3, -0.25) is 19.2 Å². The van der Waals surface area contributed by atoms with E-state index >= 15 is 0 Å². The lowest BCUT2D eigenvalue weighted by molar-refractivity contribution is -0.154. The number of carbonyl (C=O) groups is 4. The summed E-state index contributed by atoms with van der Waals surface area (Å²) in [6.07, 6.45) is -0.00728. The molecular weight excluding hydrogens is 264 g/mol. The Hall–Kier alpha value is -2.50. The highest BCUT2D eigenvalue weighted by atomic mass is 16.6. The van der Waals surface area contributed by atoms with Gasteiger partial charge in [-0.2, -0.15) is 0 Å². The molecule has 0 radical (unpaired) electrons. The van der Waals surface area contributed by atoms with Crippen LogP contribution in [0.15, 0.2) is 24.3 Å². The van der Waals surface area contributed by atoms with Crippen molar-refractivity contribution in [2.75, 3.05) is 0 Å². The van der Waals surface area contributed by atoms with Gasteiger partial charge in [-0.15, -0.1) is 0 Å². The van der Waals surface area contributed by atoms with E-state index in [-0.39, 0.29) is 12.8 Å². The maximum atomic E-state index is 11.5. The number of benzene rings is 1. The van der Waals surface area contributed by atoms with E-state index in [0.717, 1.165) is 0 Å². The van der Waals surface area contributed by atoms with Crippen molar-refractivity contribution in [3.05, 3.63) is 35.4 Å². The van der Waals surface area contributed by atoms with Crippen LogP contribution in [0, 0.1) is 0 Å². The van der Waals surface area contributed by atoms with Crippen LogP contribution in [0.5, 0.6) is 0 Å². The van der Waals surface area contributed by atoms with Crippen LogP contribution in [0.1, 0.15) is 35.8 Å². The zero-order chi connectivity index (χ0) is 14.3. The zero-order valence-electron chi connectivity index (χ0n) is 10.3. The summed E-state index contributed by atoms with van der Waals surface area (Å²) >= 11 is 0. The van der Waals surface area contributed by atoms with Crippen molar-refractivity contribution in [2.24, 2.45) is 0 Å². The van der Waals surface area contributed by atoms with Crippen LogP contribution in [-0.4, -0.2) is 23.9 Å². The Kier molecular flexibility index (Phi) is 2.85. The summed E-state index contributed by atoms with van der Waals surface area (Å²) in [7, 11) is 0. The highest BCUT2D eigenvalue weighted by molar-refractivity contribution is 5.99. The van der Waals surface area contributed by atoms with Crippen molar-refractivity contribution < 1.29 is 28.7 Å². The van der Waals surface area contributed by atoms with Crippen molar-refractivity contribution in [2.45, 2.75) is 24.7 Å². The van der Waals surface area contributed by atoms with Crippen molar-refractivity contribution in [3.8, 4) is 0 Å². The number of hydrogen-bond acceptors (Lipinski definition) is 6. The second kappa shape index (κ2) is 4.56. The molecule has 102 valence electrons. The number of ether oxygens (including phenoxy) is 2. The first-order valence-electron chi connectivity index (χ1n) is 6.13. The molecule has 6 heteroatoms. The number of carbonyl (C=O) groups excluding carboxylic acids is 4. The lowest BCUT2D eigenvalue weighted by Crippen LogP contribution is -2.09. The number of esters is 4. The maximum Gasteiger partial charge on any atom is 0.321 e. The zero-order valence-corrected chi connectivity index (χ0v) is 10.3. The van der Waals surface area contributed by atoms with E-state index in [4.69, 9.17) is 0 Å². The van der Waals surface area contributed by atoms with Crippen molar-refractivity contribution in [1.29, 1.82) is 0 Å². The van der Waals surface area contributed by atoms with Gasteiger partial charge in [0, 0.05) is 0 Å². The fraction of sp³-hybridized carbons (Fsp3) is 0.286. The van der Waals surface area contributed by atoms with E-state index in [9.17, 15) is 19.2 Å². The van der Waals surface area contributed by atoms with E-state index in [1.54, 1.807) is 24.3 Å². The molecule has 2 unspecified atom stereocenters. The third kappa shape index (κ3) is 2.09. The Morgan fingerprint density at radius 1 is 0.800 bits per heavy atom. The third-order valence-electron chi connectivity index (χ3n) is 3.45. The molecule has 0 amide bonds. The highest BCUT2D eigenvalue weighted by Gasteiger charge is 2.37. The lowest BCUT2D eigenvalue weighted by atomic mass is 9.91. The van der Waals surface area contributed by atoms with Gasteiger partial charge in [-0.05, 0) is 11.1 Å². The van der Waals surface area contributed by atoms with Crippen LogP contribution in [0.25, 0.3) is 0 Å². The van der Waals surface area contributed by atoms with Crippen LogP contribution >= 0.6 is 0 Å². The molecule has 0 aromatic heterocycles. The van der Waals surface area contributed by atoms with Crippen LogP contribution in [0.4, 0.5) is 0 Å². The Morgan fingerprint density at radius 2 is 1.25 bits per heavy atom. The predicted octanol–water partition coefficient (Wildman–Crippen LogP) is 0.801. The molecule has 2 heterocycles. The quantitative estimate of drug-likeness (QED) is 0.585. The predicted molar refractivity (Wildman–Crippen MR) is 63.4 cm³/mol. The number of rotatable bonds is 2. The number of hydrogen-bond donors (Lipinski definition) is 0. The molecule has 2 atom stereocenters. The van der Waals surface area contributed by atoms with Gasteiger partial charge in [0.05, 0.1) is 24.7 Å². The minimum Gasteiger partial charge on any atom is -0.393 e. The molecule has 0 bridgehead atoms. The minimum absolute atomic E-state index is 0.00364. The topological polar surface area (TPSA) is 86.7 Å². The van der Waals surface area contributed by atoms with Crippen LogP contribution in [-0.2, 0) is 28.7 Å². The molecule has 1 aromatic rings. The Morgan fingerprint density at radius 3 is 1.60 bits per heavy atom. The average molecular weight is 274 g/mol. The molecule has 0 saturated carbocycles. The fourth-order valence-corrected chi connectivity index (χ4v) is 2.45. The van der Waals surface area contributed by atoms with Crippen molar-refractivity contribution >= 4 is 23.9 Å². The first-order chi connectivity index (χ1) is 9.54. The van der Waals surface area contributed by atoms with Gasteiger partial charge in [0.15, 0.2) is 0 Å². The first kappa shape index (κ1) is 12.5. The van der Waals surface area contributed by atoms with Gasteiger partial charge in [-0.25, -0.2) is 0 Å². The molecule has 6 nitrogen and oxygen atoms in total. The van der Waals surface area contributed by atoms with Crippen LogP contribution in [0.2, 0.25) is 0 Å². The minimum atomic E-state index is -0.643. The molecule has 20 heavy (non-hydrogen) atoms. The van der Waals surface area contributed by atoms with Gasteiger partial charge in [-0.1, -0.05) is 24.3 Å². The van der Waals surface area contributed by atoms with Gasteiger partial charge in [0.2, 0.25) is 0 Å². The summed E-state index contributed by atoms with van der Waals surface area (Å²) in [5.74, 6) is -3.57. The SMILES string of the molecule is O=C1CC(c2cccc(C3CC(=O)OC3=O)c2)C(=O)O1. The Bertz CT molecular complexity index is 581. The monoisotopic (exact) mass is 274 g/mol. The fourth-order valence-electron chi connectivity index (χ4n) is 2.45. The summed E-state index contributed by atoms with van der Waals surface area (Å²) in [6.45, 7) is 0. The Labute approximate surface area is 113 Å². The molecule has 0 spiro atoms. The van der Waals surface area contributed by atoms with Crippen molar-refractivity contribution in [3.63, 3.8) is 0 Å². The van der Waals surface area contributed by atoms with Crippen LogP contribution in [0.3, 0.4) is 0 Å². The average Bonchev–Trinajstić information content (AvgIpc) is 2.91. The highest BCUT2D eigenvalue weighted by Crippen LogP contribution is 2.32.